The minimum atomic E-state index is -0.289. The van der Waals surface area contributed by atoms with Crippen LogP contribution in [-0.4, -0.2) is 16.8 Å². The van der Waals surface area contributed by atoms with Gasteiger partial charge in [0.05, 0.1) is 6.04 Å². The van der Waals surface area contributed by atoms with Crippen LogP contribution < -0.4 is 16.8 Å². The molecule has 6 nitrogen and oxygen atoms in total. The molecule has 0 spiro atoms. The molecule has 6 heteroatoms. The van der Waals surface area contributed by atoms with Crippen molar-refractivity contribution < 1.29 is 9.90 Å². The number of carbonyl (C=O) groups is 1. The van der Waals surface area contributed by atoms with Crippen molar-refractivity contribution in [3.8, 4) is 5.75 Å². The van der Waals surface area contributed by atoms with Crippen molar-refractivity contribution in [3.05, 3.63) is 59.2 Å². The summed E-state index contributed by atoms with van der Waals surface area (Å²) in [6, 6.07) is 11.0. The molecule has 0 bridgehead atoms. The Morgan fingerprint density at radius 3 is 2.45 bits per heavy atom. The summed E-state index contributed by atoms with van der Waals surface area (Å²) in [5.41, 5.74) is 13.1. The number of nitrogen functional groups attached to an aromatic ring is 2. The second-order valence-corrected chi connectivity index (χ2v) is 5.00. The first-order chi connectivity index (χ1) is 10.4. The smallest absolute Gasteiger partial charge is 0.251 e. The summed E-state index contributed by atoms with van der Waals surface area (Å²) >= 11 is 0. The van der Waals surface area contributed by atoms with Crippen molar-refractivity contribution in [1.29, 1.82) is 5.41 Å². The summed E-state index contributed by atoms with van der Waals surface area (Å²) < 4.78 is 0. The number of benzene rings is 2. The molecule has 0 saturated heterocycles. The second-order valence-electron chi connectivity index (χ2n) is 5.00. The molecule has 0 aliphatic rings. The largest absolute Gasteiger partial charge is 0.508 e. The summed E-state index contributed by atoms with van der Waals surface area (Å²) in [4.78, 5) is 12.3. The van der Waals surface area contributed by atoms with Crippen LogP contribution in [0.2, 0.25) is 0 Å². The molecule has 2 aromatic rings. The number of amides is 1. The van der Waals surface area contributed by atoms with Gasteiger partial charge in [0.1, 0.15) is 11.6 Å². The van der Waals surface area contributed by atoms with Gasteiger partial charge in [-0.15, -0.1) is 0 Å². The maximum absolute atomic E-state index is 12.3. The van der Waals surface area contributed by atoms with Gasteiger partial charge in [-0.3, -0.25) is 10.2 Å². The van der Waals surface area contributed by atoms with Crippen molar-refractivity contribution in [1.82, 2.24) is 5.32 Å². The fourth-order valence-corrected chi connectivity index (χ4v) is 2.06. The van der Waals surface area contributed by atoms with Gasteiger partial charge in [-0.2, -0.15) is 0 Å². The van der Waals surface area contributed by atoms with E-state index in [9.17, 15) is 9.90 Å². The first kappa shape index (κ1) is 15.4. The van der Waals surface area contributed by atoms with Gasteiger partial charge in [-0.05, 0) is 42.8 Å². The molecule has 7 N–H and O–H groups in total. The van der Waals surface area contributed by atoms with Crippen LogP contribution in [0.4, 0.5) is 5.69 Å². The quantitative estimate of drug-likeness (QED) is 0.335. The zero-order valence-corrected chi connectivity index (χ0v) is 12.1. The van der Waals surface area contributed by atoms with Crippen molar-refractivity contribution in [2.24, 2.45) is 5.73 Å². The third kappa shape index (κ3) is 3.35. The maximum atomic E-state index is 12.3. The van der Waals surface area contributed by atoms with E-state index in [1.807, 2.05) is 6.92 Å². The van der Waals surface area contributed by atoms with E-state index in [2.05, 4.69) is 5.32 Å². The Hall–Kier alpha value is -3.02. The fourth-order valence-electron chi connectivity index (χ4n) is 2.06. The molecule has 0 saturated carbocycles. The van der Waals surface area contributed by atoms with Crippen LogP contribution in [0.5, 0.6) is 5.75 Å². The van der Waals surface area contributed by atoms with Crippen LogP contribution in [0.3, 0.4) is 0 Å². The number of rotatable bonds is 4. The fraction of sp³-hybridized carbons (Fsp3) is 0.125. The molecular weight excluding hydrogens is 280 g/mol. The lowest BCUT2D eigenvalue weighted by molar-refractivity contribution is 0.0940. The van der Waals surface area contributed by atoms with E-state index < -0.39 is 0 Å². The Labute approximate surface area is 128 Å². The van der Waals surface area contributed by atoms with Crippen molar-refractivity contribution in [2.45, 2.75) is 13.0 Å². The van der Waals surface area contributed by atoms with E-state index in [-0.39, 0.29) is 23.5 Å². The molecule has 22 heavy (non-hydrogen) atoms. The van der Waals surface area contributed by atoms with Crippen molar-refractivity contribution in [3.63, 3.8) is 0 Å². The third-order valence-electron chi connectivity index (χ3n) is 3.35. The van der Waals surface area contributed by atoms with Gasteiger partial charge in [-0.1, -0.05) is 12.1 Å². The highest BCUT2D eigenvalue weighted by molar-refractivity contribution is 6.03. The van der Waals surface area contributed by atoms with Crippen LogP contribution in [0.25, 0.3) is 0 Å². The molecule has 2 aromatic carbocycles. The zero-order chi connectivity index (χ0) is 16.3. The molecule has 0 radical (unpaired) electrons. The van der Waals surface area contributed by atoms with E-state index >= 15 is 0 Å². The molecule has 0 fully saturated rings. The lowest BCUT2D eigenvalue weighted by Gasteiger charge is -2.15. The van der Waals surface area contributed by atoms with E-state index in [1.54, 1.807) is 36.4 Å². The van der Waals surface area contributed by atoms with E-state index in [4.69, 9.17) is 16.9 Å². The lowest BCUT2D eigenvalue weighted by Crippen LogP contribution is -2.27. The minimum absolute atomic E-state index is 0.173. The summed E-state index contributed by atoms with van der Waals surface area (Å²) in [6.07, 6.45) is 0. The highest BCUT2D eigenvalue weighted by Crippen LogP contribution is 2.18. The van der Waals surface area contributed by atoms with Gasteiger partial charge in [0, 0.05) is 16.8 Å². The summed E-state index contributed by atoms with van der Waals surface area (Å²) in [5, 5.41) is 19.6. The van der Waals surface area contributed by atoms with Crippen molar-refractivity contribution >= 4 is 17.4 Å². The number of hydrogen-bond donors (Lipinski definition) is 5. The Kier molecular flexibility index (Phi) is 4.31. The monoisotopic (exact) mass is 298 g/mol. The Morgan fingerprint density at radius 2 is 1.86 bits per heavy atom. The number of phenolic OH excluding ortho intramolecular Hbond substituents is 1. The number of nitrogens with one attached hydrogen (secondary N) is 2. The number of nitrogens with two attached hydrogens (primary N) is 2. The number of carbonyl (C=O) groups excluding carboxylic acids is 1. The van der Waals surface area contributed by atoms with Crippen LogP contribution in [0.15, 0.2) is 42.5 Å². The van der Waals surface area contributed by atoms with E-state index in [0.29, 0.717) is 16.8 Å². The average molecular weight is 298 g/mol. The van der Waals surface area contributed by atoms with E-state index in [1.165, 1.54) is 6.07 Å². The molecule has 1 unspecified atom stereocenters. The van der Waals surface area contributed by atoms with Gasteiger partial charge in [-0.25, -0.2) is 0 Å². The number of aromatic hydroxyl groups is 1. The van der Waals surface area contributed by atoms with Gasteiger partial charge in [0.15, 0.2) is 0 Å². The molecule has 2 rings (SSSR count). The second kappa shape index (κ2) is 6.17. The van der Waals surface area contributed by atoms with Crippen LogP contribution in [0, 0.1) is 5.41 Å². The summed E-state index contributed by atoms with van der Waals surface area (Å²) in [5.74, 6) is -0.297. The van der Waals surface area contributed by atoms with Crippen molar-refractivity contribution in [2.75, 3.05) is 5.73 Å². The van der Waals surface area contributed by atoms with Crippen LogP contribution in [-0.2, 0) is 0 Å². The molecule has 0 aliphatic heterocycles. The number of phenols is 1. The molecule has 1 atom stereocenters. The Balaban J connectivity index is 2.16. The lowest BCUT2D eigenvalue weighted by atomic mass is 10.1. The molecule has 0 aliphatic carbocycles. The standard InChI is InChI=1S/C16H18N4O2/c1-9(10-2-5-12(21)6-3-10)20-16(22)11-4-7-14(17)13(8-11)15(18)19/h2-9,21H,17H2,1H3,(H3,18,19)(H,20,22). The predicted octanol–water partition coefficient (Wildman–Crippen LogP) is 1.75. The SMILES string of the molecule is CC(NC(=O)c1ccc(N)c(C(=N)N)c1)c1ccc(O)cc1. The minimum Gasteiger partial charge on any atom is -0.508 e. The molecular formula is C16H18N4O2. The maximum Gasteiger partial charge on any atom is 0.251 e. The van der Waals surface area contributed by atoms with Gasteiger partial charge >= 0.3 is 0 Å². The normalized spacial score (nSPS) is 11.7. The van der Waals surface area contributed by atoms with Gasteiger partial charge in [0.2, 0.25) is 0 Å². The predicted molar refractivity (Wildman–Crippen MR) is 85.9 cm³/mol. The number of amidine groups is 1. The molecule has 0 heterocycles. The first-order valence-corrected chi connectivity index (χ1v) is 6.72. The summed E-state index contributed by atoms with van der Waals surface area (Å²) in [6.45, 7) is 1.84. The Bertz CT molecular complexity index is 711. The first-order valence-electron chi connectivity index (χ1n) is 6.72. The third-order valence-corrected chi connectivity index (χ3v) is 3.35. The number of anilines is 1. The molecule has 1 amide bonds. The molecule has 0 aromatic heterocycles. The highest BCUT2D eigenvalue weighted by Gasteiger charge is 2.13. The zero-order valence-electron chi connectivity index (χ0n) is 12.1. The van der Waals surface area contributed by atoms with Gasteiger partial charge in [0.25, 0.3) is 5.91 Å². The molecule has 114 valence electrons. The highest BCUT2D eigenvalue weighted by atomic mass is 16.3. The number of hydrogen-bond acceptors (Lipinski definition) is 4. The van der Waals surface area contributed by atoms with E-state index in [0.717, 1.165) is 5.56 Å². The van der Waals surface area contributed by atoms with Gasteiger partial charge < -0.3 is 21.9 Å². The Morgan fingerprint density at radius 1 is 1.23 bits per heavy atom. The van der Waals surface area contributed by atoms with Crippen LogP contribution in [0.1, 0.15) is 34.5 Å². The average Bonchev–Trinajstić information content (AvgIpc) is 2.47. The topological polar surface area (TPSA) is 125 Å². The summed E-state index contributed by atoms with van der Waals surface area (Å²) in [7, 11) is 0. The van der Waals surface area contributed by atoms with Crippen LogP contribution >= 0.6 is 0 Å².